The first-order chi connectivity index (χ1) is 9.88. The summed E-state index contributed by atoms with van der Waals surface area (Å²) >= 11 is 0. The number of nitrogens with one attached hydrogen (secondary N) is 1. The Balaban J connectivity index is 1.98. The number of aliphatic carboxylic acids is 1. The molecule has 112 valence electrons. The number of halogens is 3. The lowest BCUT2D eigenvalue weighted by Gasteiger charge is -2.19. The summed E-state index contributed by atoms with van der Waals surface area (Å²) in [5.41, 5.74) is 0.502. The van der Waals surface area contributed by atoms with Crippen LogP contribution in [0.1, 0.15) is 0 Å². The molecule has 0 unspecified atom stereocenters. The Labute approximate surface area is 116 Å². The zero-order valence-electron chi connectivity index (χ0n) is 10.6. The fourth-order valence-electron chi connectivity index (χ4n) is 2.67. The first-order valence-electron chi connectivity index (χ1n) is 6.20. The number of hydrogen-bond acceptors (Lipinski definition) is 4. The zero-order valence-corrected chi connectivity index (χ0v) is 10.6. The molecular formula is C12H11F3N4O2. The molecular weight excluding hydrogens is 289 g/mol. The second-order valence-corrected chi connectivity index (χ2v) is 4.94. The fraction of sp³-hybridized carbons (Fsp3) is 0.417. The van der Waals surface area contributed by atoms with Crippen LogP contribution in [0.2, 0.25) is 0 Å². The number of rotatable bonds is 2. The largest absolute Gasteiger partial charge is 0.481 e. The predicted octanol–water partition coefficient (Wildman–Crippen LogP) is 1.66. The second-order valence-electron chi connectivity index (χ2n) is 4.94. The molecule has 3 heterocycles. The van der Waals surface area contributed by atoms with Crippen LogP contribution in [-0.4, -0.2) is 45.3 Å². The number of alkyl halides is 3. The van der Waals surface area contributed by atoms with Gasteiger partial charge < -0.3 is 15.0 Å². The van der Waals surface area contributed by atoms with Gasteiger partial charge in [0.25, 0.3) is 0 Å². The van der Waals surface area contributed by atoms with E-state index in [-0.39, 0.29) is 6.54 Å². The van der Waals surface area contributed by atoms with Crippen molar-refractivity contribution in [1.82, 2.24) is 15.0 Å². The van der Waals surface area contributed by atoms with E-state index in [9.17, 15) is 18.0 Å². The highest BCUT2D eigenvalue weighted by Gasteiger charge is 2.53. The van der Waals surface area contributed by atoms with Crippen LogP contribution in [0, 0.1) is 11.8 Å². The number of carboxylic acid groups (broad SMARTS) is 1. The topological polar surface area (TPSA) is 82.1 Å². The van der Waals surface area contributed by atoms with Gasteiger partial charge in [-0.3, -0.25) is 4.79 Å². The number of hydrogen-bond donors (Lipinski definition) is 2. The van der Waals surface area contributed by atoms with Crippen molar-refractivity contribution < 1.29 is 23.1 Å². The molecule has 2 aromatic heterocycles. The molecule has 2 N–H and O–H groups in total. The van der Waals surface area contributed by atoms with Crippen LogP contribution in [-0.2, 0) is 4.79 Å². The standard InChI is InChI=1S/C12H11F3N4O2/c13-12(14,15)8-4-19(3-7(8)11(20)21)10-6-1-2-16-9(6)17-5-18-10/h1-2,5,7-8H,3-4H2,(H,20,21)(H,16,17,18)/t7-,8-/m1/s1. The minimum Gasteiger partial charge on any atom is -0.481 e. The SMILES string of the molecule is O=C(O)[C@@H]1CN(c2ncnc3[nH]ccc23)C[C@H]1C(F)(F)F. The van der Waals surface area contributed by atoms with Gasteiger partial charge in [0.15, 0.2) is 0 Å². The van der Waals surface area contributed by atoms with Crippen LogP contribution >= 0.6 is 0 Å². The summed E-state index contributed by atoms with van der Waals surface area (Å²) in [6.45, 7) is -0.644. The normalized spacial score (nSPS) is 22.9. The van der Waals surface area contributed by atoms with Gasteiger partial charge in [0.2, 0.25) is 0 Å². The number of aromatic nitrogens is 3. The zero-order chi connectivity index (χ0) is 15.2. The van der Waals surface area contributed by atoms with Crippen LogP contribution in [0.15, 0.2) is 18.6 Å². The third-order valence-corrected chi connectivity index (χ3v) is 3.69. The molecule has 1 saturated heterocycles. The van der Waals surface area contributed by atoms with E-state index in [1.54, 1.807) is 12.3 Å². The molecule has 9 heteroatoms. The molecule has 2 aromatic rings. The lowest BCUT2D eigenvalue weighted by Crippen LogP contribution is -2.33. The first kappa shape index (κ1) is 13.7. The molecule has 0 saturated carbocycles. The van der Waals surface area contributed by atoms with Gasteiger partial charge in [-0.15, -0.1) is 0 Å². The molecule has 1 aliphatic rings. The highest BCUT2D eigenvalue weighted by molar-refractivity contribution is 5.87. The van der Waals surface area contributed by atoms with Crippen LogP contribution in [0.3, 0.4) is 0 Å². The van der Waals surface area contributed by atoms with Gasteiger partial charge in [-0.05, 0) is 6.07 Å². The third kappa shape index (κ3) is 2.28. The van der Waals surface area contributed by atoms with Crippen molar-refractivity contribution in [2.24, 2.45) is 11.8 Å². The summed E-state index contributed by atoms with van der Waals surface area (Å²) in [6, 6.07) is 1.65. The number of carbonyl (C=O) groups is 1. The minimum atomic E-state index is -4.55. The first-order valence-corrected chi connectivity index (χ1v) is 6.20. The highest BCUT2D eigenvalue weighted by Crippen LogP contribution is 2.40. The Bertz CT molecular complexity index is 684. The van der Waals surface area contributed by atoms with Gasteiger partial charge in [0, 0.05) is 19.3 Å². The molecule has 6 nitrogen and oxygen atoms in total. The van der Waals surface area contributed by atoms with Gasteiger partial charge in [-0.25, -0.2) is 9.97 Å². The molecule has 0 aliphatic carbocycles. The Morgan fingerprint density at radius 3 is 2.76 bits per heavy atom. The average Bonchev–Trinajstić information content (AvgIpc) is 3.04. The van der Waals surface area contributed by atoms with Crippen molar-refractivity contribution in [3.05, 3.63) is 18.6 Å². The fourth-order valence-corrected chi connectivity index (χ4v) is 2.67. The summed E-state index contributed by atoms with van der Waals surface area (Å²) < 4.78 is 39.0. The molecule has 0 spiro atoms. The third-order valence-electron chi connectivity index (χ3n) is 3.69. The van der Waals surface area contributed by atoms with Crippen LogP contribution < -0.4 is 4.90 Å². The number of aromatic amines is 1. The Kier molecular flexibility index (Phi) is 2.99. The summed E-state index contributed by atoms with van der Waals surface area (Å²) in [5, 5.41) is 9.59. The van der Waals surface area contributed by atoms with Crippen molar-refractivity contribution in [3.63, 3.8) is 0 Å². The van der Waals surface area contributed by atoms with Gasteiger partial charge >= 0.3 is 12.1 Å². The summed E-state index contributed by atoms with van der Waals surface area (Å²) in [4.78, 5) is 23.3. The maximum absolute atomic E-state index is 13.0. The van der Waals surface area contributed by atoms with Gasteiger partial charge in [-0.1, -0.05) is 0 Å². The van der Waals surface area contributed by atoms with Gasteiger partial charge in [-0.2, -0.15) is 13.2 Å². The Morgan fingerprint density at radius 2 is 2.14 bits per heavy atom. The highest BCUT2D eigenvalue weighted by atomic mass is 19.4. The molecule has 21 heavy (non-hydrogen) atoms. The van der Waals surface area contributed by atoms with E-state index < -0.39 is 30.5 Å². The molecule has 3 rings (SSSR count). The molecule has 2 atom stereocenters. The average molecular weight is 300 g/mol. The van der Waals surface area contributed by atoms with E-state index in [1.807, 2.05) is 0 Å². The molecule has 0 radical (unpaired) electrons. The quantitative estimate of drug-likeness (QED) is 0.881. The lowest BCUT2D eigenvalue weighted by molar-refractivity contribution is -0.187. The number of H-pyrrole nitrogens is 1. The van der Waals surface area contributed by atoms with E-state index >= 15 is 0 Å². The minimum absolute atomic E-state index is 0.225. The second kappa shape index (κ2) is 4.61. The maximum atomic E-state index is 13.0. The van der Waals surface area contributed by atoms with E-state index in [2.05, 4.69) is 15.0 Å². The van der Waals surface area contributed by atoms with E-state index in [0.29, 0.717) is 16.9 Å². The van der Waals surface area contributed by atoms with Crippen molar-refractivity contribution in [2.45, 2.75) is 6.18 Å². The molecule has 0 amide bonds. The van der Waals surface area contributed by atoms with Crippen molar-refractivity contribution >= 4 is 22.8 Å². The van der Waals surface area contributed by atoms with Crippen LogP contribution in [0.4, 0.5) is 19.0 Å². The summed E-state index contributed by atoms with van der Waals surface area (Å²) in [7, 11) is 0. The molecule has 0 aromatic carbocycles. The monoisotopic (exact) mass is 300 g/mol. The predicted molar refractivity (Wildman–Crippen MR) is 66.8 cm³/mol. The number of nitrogens with zero attached hydrogens (tertiary/aromatic N) is 3. The van der Waals surface area contributed by atoms with Crippen LogP contribution in [0.5, 0.6) is 0 Å². The van der Waals surface area contributed by atoms with Crippen LogP contribution in [0.25, 0.3) is 11.0 Å². The van der Waals surface area contributed by atoms with E-state index in [1.165, 1.54) is 11.2 Å². The number of anilines is 1. The molecule has 1 fully saturated rings. The van der Waals surface area contributed by atoms with E-state index in [0.717, 1.165) is 0 Å². The maximum Gasteiger partial charge on any atom is 0.394 e. The Hall–Kier alpha value is -2.32. The van der Waals surface area contributed by atoms with E-state index in [4.69, 9.17) is 5.11 Å². The number of carboxylic acids is 1. The molecule has 1 aliphatic heterocycles. The Morgan fingerprint density at radius 1 is 1.38 bits per heavy atom. The van der Waals surface area contributed by atoms with Crippen molar-refractivity contribution in [1.29, 1.82) is 0 Å². The molecule has 0 bridgehead atoms. The number of fused-ring (bicyclic) bond motifs is 1. The van der Waals surface area contributed by atoms with Crippen molar-refractivity contribution in [2.75, 3.05) is 18.0 Å². The summed E-state index contributed by atoms with van der Waals surface area (Å²) in [6.07, 6.45) is -1.71. The van der Waals surface area contributed by atoms with Crippen molar-refractivity contribution in [3.8, 4) is 0 Å². The smallest absolute Gasteiger partial charge is 0.394 e. The summed E-state index contributed by atoms with van der Waals surface area (Å²) in [5.74, 6) is -4.52. The van der Waals surface area contributed by atoms with Gasteiger partial charge in [0.1, 0.15) is 17.8 Å². The van der Waals surface area contributed by atoms with Gasteiger partial charge in [0.05, 0.1) is 17.2 Å². The lowest BCUT2D eigenvalue weighted by atomic mass is 9.96.